The minimum atomic E-state index is -0.119. The number of carbonyl (C=O) groups excluding carboxylic acids is 2. The average Bonchev–Trinajstić information content (AvgIpc) is 2.77. The molecule has 1 amide bonds. The average molecular weight is 483 g/mol. The van der Waals surface area contributed by atoms with Crippen LogP contribution in [0.1, 0.15) is 19.3 Å². The van der Waals surface area contributed by atoms with Gasteiger partial charge in [0.25, 0.3) is 5.91 Å². The van der Waals surface area contributed by atoms with E-state index in [1.165, 1.54) is 19.3 Å². The number of hydrogen-bond acceptors (Lipinski definition) is 6. The Morgan fingerprint density at radius 3 is 2.38 bits per heavy atom. The van der Waals surface area contributed by atoms with Gasteiger partial charge in [-0.1, -0.05) is 29.6 Å². The Morgan fingerprint density at radius 1 is 1.06 bits per heavy atom. The number of benzene rings is 1. The first kappa shape index (κ1) is 23.8. The lowest BCUT2D eigenvalue weighted by Crippen LogP contribution is -2.58. The molecule has 0 radical (unpaired) electrons. The van der Waals surface area contributed by atoms with Gasteiger partial charge in [0.1, 0.15) is 12.0 Å². The molecule has 2 saturated heterocycles. The van der Waals surface area contributed by atoms with Crippen LogP contribution in [0.25, 0.3) is 0 Å². The fourth-order valence-electron chi connectivity index (χ4n) is 4.70. The molecule has 0 N–H and O–H groups in total. The van der Waals surface area contributed by atoms with Gasteiger partial charge in [0.2, 0.25) is 0 Å². The van der Waals surface area contributed by atoms with Gasteiger partial charge in [-0.3, -0.25) is 19.5 Å². The Labute approximate surface area is 200 Å². The van der Waals surface area contributed by atoms with Crippen LogP contribution in [-0.2, 0) is 9.59 Å². The molecule has 1 aromatic rings. The third-order valence-electron chi connectivity index (χ3n) is 6.98. The van der Waals surface area contributed by atoms with Crippen LogP contribution in [0, 0.1) is 0 Å². The van der Waals surface area contributed by atoms with E-state index in [0.29, 0.717) is 42.0 Å². The zero-order chi connectivity index (χ0) is 22.5. The van der Waals surface area contributed by atoms with Crippen molar-refractivity contribution in [3.63, 3.8) is 0 Å². The van der Waals surface area contributed by atoms with Crippen LogP contribution in [0.3, 0.4) is 0 Å². The van der Waals surface area contributed by atoms with E-state index in [4.69, 9.17) is 27.9 Å². The molecule has 1 unspecified atom stereocenters. The van der Waals surface area contributed by atoms with Gasteiger partial charge in [-0.25, -0.2) is 0 Å². The van der Waals surface area contributed by atoms with E-state index in [9.17, 15) is 9.59 Å². The number of carbonyl (C=O) groups is 2. The molecule has 9 heteroatoms. The van der Waals surface area contributed by atoms with Crippen LogP contribution in [0.5, 0.6) is 5.75 Å². The highest BCUT2D eigenvalue weighted by atomic mass is 35.5. The lowest BCUT2D eigenvalue weighted by molar-refractivity contribution is -0.135. The van der Waals surface area contributed by atoms with Crippen LogP contribution in [0.15, 0.2) is 18.2 Å². The molecule has 1 atom stereocenters. The maximum absolute atomic E-state index is 12.6. The topological polar surface area (TPSA) is 56.3 Å². The molecule has 176 valence electrons. The van der Waals surface area contributed by atoms with Crippen molar-refractivity contribution in [3.05, 3.63) is 28.2 Å². The normalized spacial score (nSPS) is 22.4. The predicted molar refractivity (Wildman–Crippen MR) is 126 cm³/mol. The minimum Gasteiger partial charge on any atom is -0.482 e. The van der Waals surface area contributed by atoms with E-state index in [1.807, 2.05) is 0 Å². The highest BCUT2D eigenvalue weighted by Crippen LogP contribution is 2.28. The number of piperazine rings is 2. The van der Waals surface area contributed by atoms with Crippen LogP contribution in [0.2, 0.25) is 10.0 Å². The minimum absolute atomic E-state index is 0.0657. The molecule has 0 bridgehead atoms. The molecule has 3 aliphatic rings. The summed E-state index contributed by atoms with van der Waals surface area (Å²) in [6, 6.07) is 5.61. The van der Waals surface area contributed by atoms with Gasteiger partial charge in [-0.2, -0.15) is 0 Å². The molecule has 2 aliphatic heterocycles. The Balaban J connectivity index is 1.19. The molecule has 1 aliphatic carbocycles. The maximum Gasteiger partial charge on any atom is 0.260 e. The first-order valence-corrected chi connectivity index (χ1v) is 12.3. The van der Waals surface area contributed by atoms with Crippen molar-refractivity contribution >= 4 is 35.4 Å². The number of nitrogens with zero attached hydrogens (tertiary/aromatic N) is 4. The largest absolute Gasteiger partial charge is 0.482 e. The number of ether oxygens (including phenoxy) is 1. The van der Waals surface area contributed by atoms with Crippen LogP contribution in [-0.4, -0.2) is 109 Å². The molecular formula is C23H32Cl2N4O3. The predicted octanol–water partition coefficient (Wildman–Crippen LogP) is 2.25. The molecule has 0 aromatic heterocycles. The Hall–Kier alpha value is -1.38. The second-order valence-electron chi connectivity index (χ2n) is 8.90. The molecule has 0 spiro atoms. The summed E-state index contributed by atoms with van der Waals surface area (Å²) in [6.07, 6.45) is 5.13. The number of hydrogen-bond donors (Lipinski definition) is 0. The first-order valence-electron chi connectivity index (χ1n) is 11.5. The van der Waals surface area contributed by atoms with E-state index in [-0.39, 0.29) is 18.6 Å². The quantitative estimate of drug-likeness (QED) is 0.529. The highest BCUT2D eigenvalue weighted by Gasteiger charge is 2.31. The monoisotopic (exact) mass is 482 g/mol. The van der Waals surface area contributed by atoms with E-state index in [0.717, 1.165) is 45.1 Å². The zero-order valence-corrected chi connectivity index (χ0v) is 19.9. The van der Waals surface area contributed by atoms with Crippen LogP contribution < -0.4 is 4.74 Å². The van der Waals surface area contributed by atoms with Crippen molar-refractivity contribution in [3.8, 4) is 5.75 Å². The number of halogens is 2. The van der Waals surface area contributed by atoms with Crippen LogP contribution >= 0.6 is 23.2 Å². The summed E-state index contributed by atoms with van der Waals surface area (Å²) in [6.45, 7) is 7.56. The van der Waals surface area contributed by atoms with Gasteiger partial charge in [0.05, 0.1) is 11.1 Å². The molecule has 1 aromatic carbocycles. The van der Waals surface area contributed by atoms with Crippen molar-refractivity contribution in [1.29, 1.82) is 0 Å². The summed E-state index contributed by atoms with van der Waals surface area (Å²) < 4.78 is 5.58. The second-order valence-corrected chi connectivity index (χ2v) is 9.75. The van der Waals surface area contributed by atoms with E-state index in [1.54, 1.807) is 23.1 Å². The lowest BCUT2D eigenvalue weighted by Gasteiger charge is -2.44. The Kier molecular flexibility index (Phi) is 8.29. The summed E-state index contributed by atoms with van der Waals surface area (Å²) in [5.74, 6) is 0.368. The van der Waals surface area contributed by atoms with Gasteiger partial charge in [-0.15, -0.1) is 0 Å². The highest BCUT2D eigenvalue weighted by molar-refractivity contribution is 6.35. The van der Waals surface area contributed by atoms with E-state index < -0.39 is 0 Å². The first-order chi connectivity index (χ1) is 15.5. The summed E-state index contributed by atoms with van der Waals surface area (Å²) in [5, 5.41) is 0.909. The zero-order valence-electron chi connectivity index (χ0n) is 18.4. The van der Waals surface area contributed by atoms with Gasteiger partial charge in [0, 0.05) is 70.0 Å². The SMILES string of the molecule is O=CC(CN1CCN(C2CCC2)CC1)N1CCN(C(=O)COc2ccc(Cl)cc2Cl)CC1. The van der Waals surface area contributed by atoms with Crippen molar-refractivity contribution in [2.75, 3.05) is 65.5 Å². The number of aldehydes is 1. The van der Waals surface area contributed by atoms with Crippen molar-refractivity contribution in [2.24, 2.45) is 0 Å². The number of rotatable bonds is 8. The van der Waals surface area contributed by atoms with E-state index in [2.05, 4.69) is 14.7 Å². The van der Waals surface area contributed by atoms with Gasteiger partial charge >= 0.3 is 0 Å². The van der Waals surface area contributed by atoms with Gasteiger partial charge in [0.15, 0.2) is 6.61 Å². The fourth-order valence-corrected chi connectivity index (χ4v) is 5.16. The van der Waals surface area contributed by atoms with Crippen molar-refractivity contribution < 1.29 is 14.3 Å². The van der Waals surface area contributed by atoms with Gasteiger partial charge in [-0.05, 0) is 31.0 Å². The molecule has 2 heterocycles. The number of amides is 1. The fraction of sp³-hybridized carbons (Fsp3) is 0.652. The standard InChI is InChI=1S/C23H32Cl2N4O3/c24-18-4-5-22(21(25)14-18)32-17-23(31)29-12-10-28(11-13-29)20(16-30)15-26-6-8-27(9-7-26)19-2-1-3-19/h4-5,14,16,19-20H,1-3,6-13,15,17H2. The second kappa shape index (κ2) is 11.2. The Morgan fingerprint density at radius 2 is 1.78 bits per heavy atom. The Bertz CT molecular complexity index is 791. The molecule has 32 heavy (non-hydrogen) atoms. The summed E-state index contributed by atoms with van der Waals surface area (Å²) in [7, 11) is 0. The van der Waals surface area contributed by atoms with Gasteiger partial charge < -0.3 is 14.4 Å². The maximum atomic E-state index is 12.6. The van der Waals surface area contributed by atoms with E-state index >= 15 is 0 Å². The smallest absolute Gasteiger partial charge is 0.260 e. The van der Waals surface area contributed by atoms with Crippen LogP contribution in [0.4, 0.5) is 0 Å². The van der Waals surface area contributed by atoms with Crippen molar-refractivity contribution in [1.82, 2.24) is 19.6 Å². The van der Waals surface area contributed by atoms with Crippen molar-refractivity contribution in [2.45, 2.75) is 31.3 Å². The summed E-state index contributed by atoms with van der Waals surface area (Å²) in [5.41, 5.74) is 0. The molecule has 7 nitrogen and oxygen atoms in total. The molecule has 3 fully saturated rings. The summed E-state index contributed by atoms with van der Waals surface area (Å²) >= 11 is 12.0. The molecule has 1 saturated carbocycles. The summed E-state index contributed by atoms with van der Waals surface area (Å²) in [4.78, 5) is 33.4. The molecule has 4 rings (SSSR count). The third-order valence-corrected chi connectivity index (χ3v) is 7.51. The third kappa shape index (κ3) is 5.94. The molecular weight excluding hydrogens is 451 g/mol. The lowest BCUT2D eigenvalue weighted by atomic mass is 9.91.